The Bertz CT molecular complexity index is 257. The lowest BCUT2D eigenvalue weighted by Crippen LogP contribution is -2.30. The van der Waals surface area contributed by atoms with Crippen molar-refractivity contribution in [2.24, 2.45) is 5.41 Å². The van der Waals surface area contributed by atoms with Crippen LogP contribution in [0.5, 0.6) is 0 Å². The van der Waals surface area contributed by atoms with Crippen LogP contribution >= 0.6 is 0 Å². The third kappa shape index (κ3) is 1.61. The quantitative estimate of drug-likeness (QED) is 0.536. The Labute approximate surface area is 73.9 Å². The first kappa shape index (κ1) is 9.12. The first-order chi connectivity index (χ1) is 5.49. The SMILES string of the molecule is CC#CC(=O)N(C)C1CC1(C)C. The van der Waals surface area contributed by atoms with E-state index in [4.69, 9.17) is 0 Å². The van der Waals surface area contributed by atoms with Gasteiger partial charge in [-0.05, 0) is 24.7 Å². The summed E-state index contributed by atoms with van der Waals surface area (Å²) in [4.78, 5) is 13.0. The van der Waals surface area contributed by atoms with E-state index >= 15 is 0 Å². The summed E-state index contributed by atoms with van der Waals surface area (Å²) in [5.74, 6) is 5.10. The second-order valence-corrected chi connectivity index (χ2v) is 4.00. The van der Waals surface area contributed by atoms with Crippen molar-refractivity contribution in [3.63, 3.8) is 0 Å². The van der Waals surface area contributed by atoms with E-state index in [9.17, 15) is 4.79 Å². The first-order valence-corrected chi connectivity index (χ1v) is 4.18. The monoisotopic (exact) mass is 165 g/mol. The summed E-state index contributed by atoms with van der Waals surface area (Å²) in [5, 5.41) is 0. The summed E-state index contributed by atoms with van der Waals surface area (Å²) in [7, 11) is 1.83. The van der Waals surface area contributed by atoms with Crippen LogP contribution in [-0.4, -0.2) is 23.9 Å². The highest BCUT2D eigenvalue weighted by Gasteiger charge is 2.49. The van der Waals surface area contributed by atoms with Crippen LogP contribution in [-0.2, 0) is 4.79 Å². The number of rotatable bonds is 1. The summed E-state index contributed by atoms with van der Waals surface area (Å²) < 4.78 is 0. The highest BCUT2D eigenvalue weighted by Crippen LogP contribution is 2.47. The molecule has 0 spiro atoms. The molecule has 66 valence electrons. The van der Waals surface area contributed by atoms with E-state index in [1.54, 1.807) is 11.8 Å². The van der Waals surface area contributed by atoms with Crippen molar-refractivity contribution in [2.45, 2.75) is 33.2 Å². The number of nitrogens with zero attached hydrogens (tertiary/aromatic N) is 1. The number of hydrogen-bond donors (Lipinski definition) is 0. The molecule has 0 bridgehead atoms. The maximum absolute atomic E-state index is 11.3. The Kier molecular flexibility index (Phi) is 2.14. The predicted molar refractivity (Wildman–Crippen MR) is 48.4 cm³/mol. The zero-order chi connectivity index (χ0) is 9.35. The topological polar surface area (TPSA) is 20.3 Å². The van der Waals surface area contributed by atoms with Gasteiger partial charge in [0.2, 0.25) is 0 Å². The van der Waals surface area contributed by atoms with Gasteiger partial charge in [-0.25, -0.2) is 0 Å². The molecule has 0 N–H and O–H groups in total. The van der Waals surface area contributed by atoms with Gasteiger partial charge in [0.15, 0.2) is 0 Å². The molecule has 2 heteroatoms. The molecular weight excluding hydrogens is 150 g/mol. The average molecular weight is 165 g/mol. The van der Waals surface area contributed by atoms with Gasteiger partial charge in [0.1, 0.15) is 0 Å². The molecule has 2 nitrogen and oxygen atoms in total. The van der Waals surface area contributed by atoms with Crippen LogP contribution in [0.2, 0.25) is 0 Å². The smallest absolute Gasteiger partial charge is 0.298 e. The van der Waals surface area contributed by atoms with E-state index in [0.717, 1.165) is 6.42 Å². The zero-order valence-electron chi connectivity index (χ0n) is 8.14. The molecule has 1 fully saturated rings. The molecule has 1 atom stereocenters. The number of carbonyl (C=O) groups is 1. The summed E-state index contributed by atoms with van der Waals surface area (Å²) in [6.45, 7) is 6.02. The standard InChI is InChI=1S/C10H15NO/c1-5-6-9(12)11(4)8-7-10(8,2)3/h8H,7H2,1-4H3. The van der Waals surface area contributed by atoms with Crippen molar-refractivity contribution >= 4 is 5.91 Å². The van der Waals surface area contributed by atoms with Crippen molar-refractivity contribution in [3.05, 3.63) is 0 Å². The molecule has 0 radical (unpaired) electrons. The van der Waals surface area contributed by atoms with E-state index < -0.39 is 0 Å². The lowest BCUT2D eigenvalue weighted by atomic mass is 10.2. The highest BCUT2D eigenvalue weighted by atomic mass is 16.2. The number of amides is 1. The van der Waals surface area contributed by atoms with Gasteiger partial charge in [-0.2, -0.15) is 0 Å². The van der Waals surface area contributed by atoms with Crippen molar-refractivity contribution < 1.29 is 4.79 Å². The molecule has 12 heavy (non-hydrogen) atoms. The summed E-state index contributed by atoms with van der Waals surface area (Å²) in [6, 6.07) is 0.394. The fraction of sp³-hybridized carbons (Fsp3) is 0.700. The van der Waals surface area contributed by atoms with Crippen LogP contribution in [0.25, 0.3) is 0 Å². The zero-order valence-corrected chi connectivity index (χ0v) is 8.14. The molecule has 0 saturated heterocycles. The fourth-order valence-corrected chi connectivity index (χ4v) is 1.44. The van der Waals surface area contributed by atoms with Crippen LogP contribution in [0, 0.1) is 17.3 Å². The Morgan fingerprint density at radius 2 is 2.08 bits per heavy atom. The maximum atomic E-state index is 11.3. The van der Waals surface area contributed by atoms with Gasteiger partial charge < -0.3 is 4.90 Å². The molecule has 1 amide bonds. The minimum absolute atomic E-state index is 0.0620. The summed E-state index contributed by atoms with van der Waals surface area (Å²) >= 11 is 0. The molecule has 1 unspecified atom stereocenters. The Morgan fingerprint density at radius 1 is 1.58 bits per heavy atom. The van der Waals surface area contributed by atoms with Gasteiger partial charge in [0, 0.05) is 13.1 Å². The largest absolute Gasteiger partial charge is 0.331 e. The minimum atomic E-state index is -0.0620. The average Bonchev–Trinajstić information content (AvgIpc) is 2.59. The van der Waals surface area contributed by atoms with Gasteiger partial charge in [-0.3, -0.25) is 4.79 Å². The fourth-order valence-electron chi connectivity index (χ4n) is 1.44. The van der Waals surface area contributed by atoms with Gasteiger partial charge in [0.25, 0.3) is 5.91 Å². The second-order valence-electron chi connectivity index (χ2n) is 4.00. The van der Waals surface area contributed by atoms with E-state index in [-0.39, 0.29) is 5.91 Å². The molecule has 1 saturated carbocycles. The maximum Gasteiger partial charge on any atom is 0.298 e. The normalized spacial score (nSPS) is 23.8. The van der Waals surface area contributed by atoms with Gasteiger partial charge in [0.05, 0.1) is 0 Å². The summed E-state index contributed by atoms with van der Waals surface area (Å²) in [5.41, 5.74) is 0.305. The minimum Gasteiger partial charge on any atom is -0.331 e. The molecule has 1 rings (SSSR count). The van der Waals surface area contributed by atoms with Crippen LogP contribution < -0.4 is 0 Å². The van der Waals surface area contributed by atoms with Gasteiger partial charge in [-0.15, -0.1) is 0 Å². The molecule has 1 aliphatic carbocycles. The van der Waals surface area contributed by atoms with E-state index in [0.29, 0.717) is 11.5 Å². The third-order valence-corrected chi connectivity index (χ3v) is 2.48. The highest BCUT2D eigenvalue weighted by molar-refractivity contribution is 5.93. The Balaban J connectivity index is 2.54. The van der Waals surface area contributed by atoms with Gasteiger partial charge >= 0.3 is 0 Å². The molecular formula is C10H15NO. The predicted octanol–water partition coefficient (Wildman–Crippen LogP) is 1.27. The molecule has 1 aliphatic rings. The van der Waals surface area contributed by atoms with Crippen LogP contribution in [0.15, 0.2) is 0 Å². The lowest BCUT2D eigenvalue weighted by Gasteiger charge is -2.15. The molecule has 0 aliphatic heterocycles. The number of carbonyl (C=O) groups excluding carboxylic acids is 1. The van der Waals surface area contributed by atoms with Crippen LogP contribution in [0.3, 0.4) is 0 Å². The summed E-state index contributed by atoms with van der Waals surface area (Å²) in [6.07, 6.45) is 1.10. The van der Waals surface area contributed by atoms with Crippen molar-refractivity contribution in [3.8, 4) is 11.8 Å². The van der Waals surface area contributed by atoms with Crippen molar-refractivity contribution in [1.29, 1.82) is 0 Å². The van der Waals surface area contributed by atoms with Crippen molar-refractivity contribution in [1.82, 2.24) is 4.90 Å². The molecule has 0 aromatic rings. The molecule has 0 heterocycles. The Morgan fingerprint density at radius 3 is 2.42 bits per heavy atom. The number of hydrogen-bond acceptors (Lipinski definition) is 1. The van der Waals surface area contributed by atoms with Crippen LogP contribution in [0.4, 0.5) is 0 Å². The molecule has 0 aromatic carbocycles. The van der Waals surface area contributed by atoms with Crippen molar-refractivity contribution in [2.75, 3.05) is 7.05 Å². The molecule has 0 aromatic heterocycles. The van der Waals surface area contributed by atoms with Crippen LogP contribution in [0.1, 0.15) is 27.2 Å². The van der Waals surface area contributed by atoms with Gasteiger partial charge in [-0.1, -0.05) is 19.8 Å². The van der Waals surface area contributed by atoms with E-state index in [1.165, 1.54) is 0 Å². The van der Waals surface area contributed by atoms with E-state index in [2.05, 4.69) is 25.7 Å². The third-order valence-electron chi connectivity index (χ3n) is 2.48. The Hall–Kier alpha value is -0.970. The first-order valence-electron chi connectivity index (χ1n) is 4.18. The second kappa shape index (κ2) is 2.82. The lowest BCUT2D eigenvalue weighted by molar-refractivity contribution is -0.124. The van der Waals surface area contributed by atoms with E-state index in [1.807, 2.05) is 7.05 Å².